The molecule has 2 aliphatic rings. The predicted molar refractivity (Wildman–Crippen MR) is 131 cm³/mol. The molecule has 1 N–H and O–H groups in total. The van der Waals surface area contributed by atoms with Gasteiger partial charge in [0, 0.05) is 49.0 Å². The molecular formula is C27H30N4O2. The van der Waals surface area contributed by atoms with Gasteiger partial charge in [-0.05, 0) is 61.8 Å². The van der Waals surface area contributed by atoms with Crippen LogP contribution in [0.4, 0.5) is 10.5 Å². The number of fused-ring (bicyclic) bond motifs is 4. The lowest BCUT2D eigenvalue weighted by Gasteiger charge is -2.42. The van der Waals surface area contributed by atoms with Crippen LogP contribution in [-0.4, -0.2) is 47.6 Å². The van der Waals surface area contributed by atoms with Gasteiger partial charge in [-0.25, -0.2) is 4.79 Å². The largest absolute Gasteiger partial charge is 0.324 e. The number of amides is 2. The van der Waals surface area contributed by atoms with Crippen LogP contribution in [0.25, 0.3) is 11.1 Å². The second-order valence-corrected chi connectivity index (χ2v) is 9.48. The van der Waals surface area contributed by atoms with Crippen LogP contribution in [-0.2, 0) is 13.1 Å². The average molecular weight is 443 g/mol. The van der Waals surface area contributed by atoms with E-state index in [1.165, 1.54) is 0 Å². The standard InChI is InChI=1S/C27H30N4O2/c1-29(2)17-20-8-6-7-11-23(20)24-12-13-25-21-14-19(16-31(25)26(24)32)15-30(18-21)27(33)28-22-9-4-3-5-10-22/h3-13,19,21H,14-18H2,1-2H3,(H,28,33)/t19-,21-/m1/s1. The molecule has 2 atom stereocenters. The molecule has 0 saturated carbocycles. The molecule has 6 heteroatoms. The number of pyridine rings is 1. The molecule has 2 aliphatic heterocycles. The van der Waals surface area contributed by atoms with Crippen LogP contribution in [0.1, 0.15) is 23.6 Å². The Morgan fingerprint density at radius 3 is 2.48 bits per heavy atom. The van der Waals surface area contributed by atoms with Crippen molar-refractivity contribution >= 4 is 11.7 Å². The maximum absolute atomic E-state index is 13.6. The smallest absolute Gasteiger partial charge is 0.321 e. The third-order valence-corrected chi connectivity index (χ3v) is 6.71. The molecule has 0 aliphatic carbocycles. The summed E-state index contributed by atoms with van der Waals surface area (Å²) >= 11 is 0. The van der Waals surface area contributed by atoms with Crippen molar-refractivity contribution in [3.8, 4) is 11.1 Å². The van der Waals surface area contributed by atoms with Crippen LogP contribution in [0.15, 0.2) is 71.5 Å². The topological polar surface area (TPSA) is 57.6 Å². The van der Waals surface area contributed by atoms with Gasteiger partial charge in [0.1, 0.15) is 0 Å². The summed E-state index contributed by atoms with van der Waals surface area (Å²) in [4.78, 5) is 30.5. The lowest BCUT2D eigenvalue weighted by molar-refractivity contribution is 0.139. The highest BCUT2D eigenvalue weighted by molar-refractivity contribution is 5.89. The minimum atomic E-state index is -0.0686. The van der Waals surface area contributed by atoms with Crippen molar-refractivity contribution in [1.29, 1.82) is 0 Å². The molecule has 1 fully saturated rings. The fraction of sp³-hybridized carbons (Fsp3) is 0.333. The molecule has 170 valence electrons. The van der Waals surface area contributed by atoms with Gasteiger partial charge in [0.15, 0.2) is 0 Å². The Balaban J connectivity index is 1.42. The number of para-hydroxylation sites is 1. The molecule has 0 unspecified atom stereocenters. The number of rotatable bonds is 4. The zero-order valence-electron chi connectivity index (χ0n) is 19.2. The molecule has 1 saturated heterocycles. The fourth-order valence-electron chi connectivity index (χ4n) is 5.30. The normalized spacial score (nSPS) is 19.3. The average Bonchev–Trinajstić information content (AvgIpc) is 2.80. The number of likely N-dealkylation sites (tertiary alicyclic amines) is 1. The number of hydrogen-bond acceptors (Lipinski definition) is 3. The van der Waals surface area contributed by atoms with E-state index in [1.54, 1.807) is 0 Å². The molecule has 0 spiro atoms. The van der Waals surface area contributed by atoms with Gasteiger partial charge in [-0.15, -0.1) is 0 Å². The van der Waals surface area contributed by atoms with Crippen LogP contribution in [0, 0.1) is 5.92 Å². The molecule has 0 radical (unpaired) electrons. The van der Waals surface area contributed by atoms with E-state index in [4.69, 9.17) is 0 Å². The number of hydrogen-bond donors (Lipinski definition) is 1. The monoisotopic (exact) mass is 442 g/mol. The number of anilines is 1. The molecule has 1 aromatic heterocycles. The Morgan fingerprint density at radius 1 is 0.939 bits per heavy atom. The SMILES string of the molecule is CN(C)Cc1ccccc1-c1ccc2n(c1=O)C[C@@H]1C[C@@H]2CN(C(=O)Nc2ccccc2)C1. The highest BCUT2D eigenvalue weighted by atomic mass is 16.2. The zero-order chi connectivity index (χ0) is 22.9. The maximum atomic E-state index is 13.6. The number of aromatic nitrogens is 1. The first-order valence-electron chi connectivity index (χ1n) is 11.6. The van der Waals surface area contributed by atoms with Crippen LogP contribution in [0.2, 0.25) is 0 Å². The van der Waals surface area contributed by atoms with E-state index in [2.05, 4.69) is 22.3 Å². The van der Waals surface area contributed by atoms with Gasteiger partial charge < -0.3 is 19.7 Å². The lowest BCUT2D eigenvalue weighted by atomic mass is 9.83. The zero-order valence-corrected chi connectivity index (χ0v) is 19.2. The molecule has 2 aromatic carbocycles. The molecule has 3 heterocycles. The van der Waals surface area contributed by atoms with E-state index in [0.29, 0.717) is 19.6 Å². The van der Waals surface area contributed by atoms with E-state index < -0.39 is 0 Å². The van der Waals surface area contributed by atoms with Gasteiger partial charge in [-0.3, -0.25) is 4.79 Å². The van der Waals surface area contributed by atoms with Crippen LogP contribution < -0.4 is 10.9 Å². The van der Waals surface area contributed by atoms with Crippen molar-refractivity contribution in [2.45, 2.75) is 25.4 Å². The van der Waals surface area contributed by atoms with Gasteiger partial charge in [0.2, 0.25) is 0 Å². The van der Waals surface area contributed by atoms with Crippen molar-refractivity contribution in [2.24, 2.45) is 5.92 Å². The summed E-state index contributed by atoms with van der Waals surface area (Å²) in [6.45, 7) is 2.74. The number of piperidine rings is 1. The van der Waals surface area contributed by atoms with Crippen molar-refractivity contribution < 1.29 is 4.79 Å². The third kappa shape index (κ3) is 4.31. The van der Waals surface area contributed by atoms with Crippen molar-refractivity contribution in [1.82, 2.24) is 14.4 Å². The summed E-state index contributed by atoms with van der Waals surface area (Å²) in [5, 5.41) is 3.00. The number of carbonyl (C=O) groups is 1. The highest BCUT2D eigenvalue weighted by Gasteiger charge is 2.36. The summed E-state index contributed by atoms with van der Waals surface area (Å²) in [5.41, 5.74) is 4.84. The quantitative estimate of drug-likeness (QED) is 0.658. The Labute approximate surface area is 194 Å². The van der Waals surface area contributed by atoms with Crippen LogP contribution >= 0.6 is 0 Å². The molecule has 2 amide bonds. The summed E-state index contributed by atoms with van der Waals surface area (Å²) in [6, 6.07) is 21.7. The number of nitrogens with zero attached hydrogens (tertiary/aromatic N) is 3. The number of urea groups is 1. The van der Waals surface area contributed by atoms with Gasteiger partial charge in [-0.1, -0.05) is 42.5 Å². The molecule has 3 aromatic rings. The van der Waals surface area contributed by atoms with Crippen molar-refractivity contribution in [3.63, 3.8) is 0 Å². The fourth-order valence-corrected chi connectivity index (χ4v) is 5.30. The summed E-state index contributed by atoms with van der Waals surface area (Å²) < 4.78 is 1.97. The highest BCUT2D eigenvalue weighted by Crippen LogP contribution is 2.36. The second-order valence-electron chi connectivity index (χ2n) is 9.48. The lowest BCUT2D eigenvalue weighted by Crippen LogP contribution is -2.50. The second kappa shape index (κ2) is 8.87. The molecule has 5 rings (SSSR count). The Hall–Kier alpha value is -3.38. The minimum Gasteiger partial charge on any atom is -0.324 e. The van der Waals surface area contributed by atoms with Gasteiger partial charge >= 0.3 is 6.03 Å². The molecule has 6 nitrogen and oxygen atoms in total. The van der Waals surface area contributed by atoms with Crippen LogP contribution in [0.3, 0.4) is 0 Å². The Morgan fingerprint density at radius 2 is 1.70 bits per heavy atom. The number of benzene rings is 2. The van der Waals surface area contributed by atoms with E-state index in [0.717, 1.165) is 41.0 Å². The molecule has 2 bridgehead atoms. The van der Waals surface area contributed by atoms with Crippen molar-refractivity contribution in [3.05, 3.63) is 88.3 Å². The molecular weight excluding hydrogens is 412 g/mol. The van der Waals surface area contributed by atoms with Crippen molar-refractivity contribution in [2.75, 3.05) is 32.5 Å². The summed E-state index contributed by atoms with van der Waals surface area (Å²) in [6.07, 6.45) is 1.02. The number of carbonyl (C=O) groups excluding carboxylic acids is 1. The van der Waals surface area contributed by atoms with Gasteiger partial charge in [0.05, 0.1) is 0 Å². The van der Waals surface area contributed by atoms with E-state index in [1.807, 2.05) is 78.2 Å². The van der Waals surface area contributed by atoms with Gasteiger partial charge in [-0.2, -0.15) is 0 Å². The van der Waals surface area contributed by atoms with Gasteiger partial charge in [0.25, 0.3) is 5.56 Å². The van der Waals surface area contributed by atoms with E-state index in [9.17, 15) is 9.59 Å². The first kappa shape index (κ1) is 21.5. The van der Waals surface area contributed by atoms with Crippen LogP contribution in [0.5, 0.6) is 0 Å². The van der Waals surface area contributed by atoms with E-state index >= 15 is 0 Å². The Bertz CT molecular complexity index is 1220. The predicted octanol–water partition coefficient (Wildman–Crippen LogP) is 4.23. The summed E-state index contributed by atoms with van der Waals surface area (Å²) in [5.74, 6) is 0.459. The molecule has 33 heavy (non-hydrogen) atoms. The maximum Gasteiger partial charge on any atom is 0.321 e. The number of nitrogens with one attached hydrogen (secondary N) is 1. The first-order valence-corrected chi connectivity index (χ1v) is 11.6. The summed E-state index contributed by atoms with van der Waals surface area (Å²) in [7, 11) is 4.08. The minimum absolute atomic E-state index is 0.0686. The van der Waals surface area contributed by atoms with E-state index in [-0.39, 0.29) is 23.4 Å². The first-order chi connectivity index (χ1) is 16.0. The third-order valence-electron chi connectivity index (χ3n) is 6.71. The Kier molecular flexibility index (Phi) is 5.77.